The highest BCUT2D eigenvalue weighted by Crippen LogP contribution is 2.14. The number of hydrogen-bond donors (Lipinski definition) is 3. The molecule has 1 aromatic heterocycles. The van der Waals surface area contributed by atoms with Crippen LogP contribution in [-0.2, 0) is 0 Å². The molecule has 0 fully saturated rings. The highest BCUT2D eigenvalue weighted by atomic mass is 15.3. The molecule has 0 amide bonds. The third-order valence-electron chi connectivity index (χ3n) is 1.60. The number of aromatic nitrogens is 3. The quantitative estimate of drug-likeness (QED) is 0.611. The number of nitrogens with zero attached hydrogens (tertiary/aromatic N) is 2. The Morgan fingerprint density at radius 3 is 2.58 bits per heavy atom. The smallest absolute Gasteiger partial charge is 0.239 e. The maximum absolute atomic E-state index is 5.82. The van der Waals surface area contributed by atoms with E-state index in [1.165, 1.54) is 0 Å². The number of rotatable bonds is 3. The standard InChI is InChI=1S/C7H15N5/c1-4(2)3-5(8)6-10-7(9)12-11-6/h4-5H,3,8H2,1-2H3,(H3,9,10,11,12)/t5-/m0/s1. The highest BCUT2D eigenvalue weighted by molar-refractivity contribution is 5.13. The molecular formula is C7H15N5. The molecule has 0 aromatic carbocycles. The molecule has 1 atom stereocenters. The van der Waals surface area contributed by atoms with Crippen LogP contribution < -0.4 is 11.5 Å². The first kappa shape index (κ1) is 8.99. The van der Waals surface area contributed by atoms with Gasteiger partial charge < -0.3 is 11.5 Å². The predicted molar refractivity (Wildman–Crippen MR) is 47.2 cm³/mol. The van der Waals surface area contributed by atoms with Gasteiger partial charge >= 0.3 is 0 Å². The van der Waals surface area contributed by atoms with Gasteiger partial charge in [-0.3, -0.25) is 5.10 Å². The van der Waals surface area contributed by atoms with Crippen molar-refractivity contribution in [2.75, 3.05) is 5.73 Å². The van der Waals surface area contributed by atoms with Crippen molar-refractivity contribution in [3.05, 3.63) is 5.82 Å². The molecule has 0 saturated carbocycles. The van der Waals surface area contributed by atoms with E-state index in [0.29, 0.717) is 11.7 Å². The van der Waals surface area contributed by atoms with Gasteiger partial charge in [0.05, 0.1) is 6.04 Å². The average Bonchev–Trinajstić information content (AvgIpc) is 2.34. The summed E-state index contributed by atoms with van der Waals surface area (Å²) >= 11 is 0. The fraction of sp³-hybridized carbons (Fsp3) is 0.714. The summed E-state index contributed by atoms with van der Waals surface area (Å²) in [7, 11) is 0. The molecular weight excluding hydrogens is 154 g/mol. The van der Waals surface area contributed by atoms with Gasteiger partial charge in [-0.1, -0.05) is 13.8 Å². The second-order valence-corrected chi connectivity index (χ2v) is 3.31. The van der Waals surface area contributed by atoms with Crippen LogP contribution in [0.15, 0.2) is 0 Å². The number of nitrogens with one attached hydrogen (secondary N) is 1. The number of aromatic amines is 1. The first-order chi connectivity index (χ1) is 5.59. The molecule has 5 N–H and O–H groups in total. The minimum Gasteiger partial charge on any atom is -0.367 e. The van der Waals surface area contributed by atoms with Crippen molar-refractivity contribution >= 4 is 5.95 Å². The minimum absolute atomic E-state index is 0.0881. The van der Waals surface area contributed by atoms with E-state index < -0.39 is 0 Å². The predicted octanol–water partition coefficient (Wildman–Crippen LogP) is 0.433. The van der Waals surface area contributed by atoms with Gasteiger partial charge in [0.2, 0.25) is 5.95 Å². The normalized spacial score (nSPS) is 13.7. The van der Waals surface area contributed by atoms with Crippen LogP contribution in [0.5, 0.6) is 0 Å². The Hall–Kier alpha value is -1.10. The van der Waals surface area contributed by atoms with E-state index >= 15 is 0 Å². The van der Waals surface area contributed by atoms with Crippen molar-refractivity contribution in [2.24, 2.45) is 11.7 Å². The summed E-state index contributed by atoms with van der Waals surface area (Å²) in [4.78, 5) is 3.95. The summed E-state index contributed by atoms with van der Waals surface area (Å²) in [5.41, 5.74) is 11.2. The Bertz CT molecular complexity index is 242. The van der Waals surface area contributed by atoms with Gasteiger partial charge in [0.25, 0.3) is 0 Å². The lowest BCUT2D eigenvalue weighted by atomic mass is 10.0. The maximum Gasteiger partial charge on any atom is 0.239 e. The summed E-state index contributed by atoms with van der Waals surface area (Å²) in [5.74, 6) is 1.47. The zero-order valence-electron chi connectivity index (χ0n) is 7.41. The van der Waals surface area contributed by atoms with E-state index in [-0.39, 0.29) is 12.0 Å². The Balaban J connectivity index is 2.58. The Morgan fingerprint density at radius 1 is 1.50 bits per heavy atom. The van der Waals surface area contributed by atoms with Crippen LogP contribution in [0.3, 0.4) is 0 Å². The van der Waals surface area contributed by atoms with Crippen molar-refractivity contribution in [3.8, 4) is 0 Å². The van der Waals surface area contributed by atoms with Gasteiger partial charge in [-0.25, -0.2) is 0 Å². The lowest BCUT2D eigenvalue weighted by Crippen LogP contribution is -2.14. The maximum atomic E-state index is 5.82. The van der Waals surface area contributed by atoms with Gasteiger partial charge in [0.15, 0.2) is 0 Å². The molecule has 0 spiro atoms. The molecule has 0 radical (unpaired) electrons. The summed E-state index contributed by atoms with van der Waals surface area (Å²) in [6, 6.07) is -0.0881. The average molecular weight is 169 g/mol. The monoisotopic (exact) mass is 169 g/mol. The third kappa shape index (κ3) is 2.20. The van der Waals surface area contributed by atoms with E-state index in [0.717, 1.165) is 6.42 Å². The summed E-state index contributed by atoms with van der Waals surface area (Å²) in [6.45, 7) is 4.22. The first-order valence-corrected chi connectivity index (χ1v) is 4.03. The number of nitrogen functional groups attached to an aromatic ring is 1. The molecule has 1 aromatic rings. The zero-order chi connectivity index (χ0) is 9.14. The number of nitrogens with two attached hydrogens (primary N) is 2. The molecule has 68 valence electrons. The van der Waals surface area contributed by atoms with Crippen LogP contribution in [0, 0.1) is 5.92 Å². The van der Waals surface area contributed by atoms with Gasteiger partial charge in [0.1, 0.15) is 5.82 Å². The van der Waals surface area contributed by atoms with Crippen molar-refractivity contribution < 1.29 is 0 Å². The van der Waals surface area contributed by atoms with Gasteiger partial charge in [-0.15, -0.1) is 5.10 Å². The van der Waals surface area contributed by atoms with Crippen molar-refractivity contribution in [2.45, 2.75) is 26.3 Å². The Labute approximate surface area is 71.6 Å². The van der Waals surface area contributed by atoms with Crippen molar-refractivity contribution in [3.63, 3.8) is 0 Å². The summed E-state index contributed by atoms with van der Waals surface area (Å²) < 4.78 is 0. The molecule has 5 heteroatoms. The zero-order valence-corrected chi connectivity index (χ0v) is 7.41. The van der Waals surface area contributed by atoms with Gasteiger partial charge in [0, 0.05) is 0 Å². The summed E-state index contributed by atoms with van der Waals surface area (Å²) in [6.07, 6.45) is 0.884. The van der Waals surface area contributed by atoms with E-state index in [1.807, 2.05) is 0 Å². The SMILES string of the molecule is CC(C)C[C@H](N)c1nc(N)n[nH]1. The third-order valence-corrected chi connectivity index (χ3v) is 1.60. The Morgan fingerprint density at radius 2 is 2.17 bits per heavy atom. The Kier molecular flexibility index (Phi) is 2.65. The van der Waals surface area contributed by atoms with E-state index in [2.05, 4.69) is 29.0 Å². The molecule has 0 saturated heterocycles. The molecule has 0 aliphatic carbocycles. The lowest BCUT2D eigenvalue weighted by molar-refractivity contribution is 0.494. The fourth-order valence-corrected chi connectivity index (χ4v) is 1.07. The molecule has 1 heterocycles. The fourth-order valence-electron chi connectivity index (χ4n) is 1.07. The first-order valence-electron chi connectivity index (χ1n) is 4.03. The summed E-state index contributed by atoms with van der Waals surface area (Å²) in [5, 5.41) is 6.41. The molecule has 0 unspecified atom stereocenters. The molecule has 1 rings (SSSR count). The number of H-pyrrole nitrogens is 1. The van der Waals surface area contributed by atoms with Gasteiger partial charge in [-0.2, -0.15) is 4.98 Å². The number of hydrogen-bond acceptors (Lipinski definition) is 4. The van der Waals surface area contributed by atoms with Crippen molar-refractivity contribution in [1.29, 1.82) is 0 Å². The highest BCUT2D eigenvalue weighted by Gasteiger charge is 2.11. The second kappa shape index (κ2) is 3.53. The number of anilines is 1. The van der Waals surface area contributed by atoms with Crippen molar-refractivity contribution in [1.82, 2.24) is 15.2 Å². The van der Waals surface area contributed by atoms with E-state index in [1.54, 1.807) is 0 Å². The van der Waals surface area contributed by atoms with Crippen LogP contribution in [-0.4, -0.2) is 15.2 Å². The van der Waals surface area contributed by atoms with Crippen LogP contribution >= 0.6 is 0 Å². The van der Waals surface area contributed by atoms with Crippen LogP contribution in [0.2, 0.25) is 0 Å². The van der Waals surface area contributed by atoms with Gasteiger partial charge in [-0.05, 0) is 12.3 Å². The van der Waals surface area contributed by atoms with Crippen LogP contribution in [0.4, 0.5) is 5.95 Å². The van der Waals surface area contributed by atoms with Crippen LogP contribution in [0.1, 0.15) is 32.1 Å². The largest absolute Gasteiger partial charge is 0.367 e. The molecule has 5 nitrogen and oxygen atoms in total. The van der Waals surface area contributed by atoms with E-state index in [4.69, 9.17) is 11.5 Å². The molecule has 0 bridgehead atoms. The lowest BCUT2D eigenvalue weighted by Gasteiger charge is -2.09. The topological polar surface area (TPSA) is 93.6 Å². The molecule has 0 aliphatic heterocycles. The van der Waals surface area contributed by atoms with Crippen LogP contribution in [0.25, 0.3) is 0 Å². The molecule has 0 aliphatic rings. The molecule has 12 heavy (non-hydrogen) atoms. The second-order valence-electron chi connectivity index (χ2n) is 3.31. The minimum atomic E-state index is -0.0881. The van der Waals surface area contributed by atoms with E-state index in [9.17, 15) is 0 Å².